The highest BCUT2D eigenvalue weighted by molar-refractivity contribution is 6.30. The van der Waals surface area contributed by atoms with Crippen molar-refractivity contribution in [2.24, 2.45) is 0 Å². The number of anilines is 1. The maximum atomic E-state index is 8.97. The highest BCUT2D eigenvalue weighted by atomic mass is 35.5. The van der Waals surface area contributed by atoms with Gasteiger partial charge in [0.2, 0.25) is 0 Å². The third-order valence-corrected chi connectivity index (χ3v) is 4.24. The number of rotatable bonds is 3. The summed E-state index contributed by atoms with van der Waals surface area (Å²) in [6.07, 6.45) is 0. The molecule has 2 aromatic rings. The quantitative estimate of drug-likeness (QED) is 0.868. The third kappa shape index (κ3) is 3.59. The molecule has 0 bridgehead atoms. The van der Waals surface area contributed by atoms with Crippen LogP contribution in [0.25, 0.3) is 0 Å². The summed E-state index contributed by atoms with van der Waals surface area (Å²) in [6.45, 7) is 4.93. The molecule has 1 aliphatic rings. The molecule has 0 spiro atoms. The molecule has 0 saturated carbocycles. The summed E-state index contributed by atoms with van der Waals surface area (Å²) < 4.78 is 0. The standard InChI is InChI=1S/C18H18ClN3/c19-17-5-2-6-18(12-17)22-9-7-21(8-10-22)14-16-4-1-3-15(11-16)13-20/h1-6,11-12H,7-10,14H2. The monoisotopic (exact) mass is 311 g/mol. The van der Waals surface area contributed by atoms with Gasteiger partial charge in [-0.05, 0) is 35.9 Å². The molecule has 0 aliphatic carbocycles. The Balaban J connectivity index is 1.59. The second-order valence-electron chi connectivity index (χ2n) is 5.56. The molecule has 0 atom stereocenters. The van der Waals surface area contributed by atoms with E-state index in [1.807, 2.05) is 36.4 Å². The Bertz CT molecular complexity index is 685. The molecule has 0 amide bonds. The second-order valence-corrected chi connectivity index (χ2v) is 5.99. The molecule has 2 aromatic carbocycles. The van der Waals surface area contributed by atoms with E-state index in [0.29, 0.717) is 0 Å². The first kappa shape index (κ1) is 14.9. The fourth-order valence-electron chi connectivity index (χ4n) is 2.83. The number of benzene rings is 2. The van der Waals surface area contributed by atoms with E-state index in [-0.39, 0.29) is 0 Å². The Labute approximate surface area is 136 Å². The first-order valence-electron chi connectivity index (χ1n) is 7.46. The van der Waals surface area contributed by atoms with Gasteiger partial charge in [0.05, 0.1) is 11.6 Å². The van der Waals surface area contributed by atoms with Crippen LogP contribution in [0.2, 0.25) is 5.02 Å². The first-order valence-corrected chi connectivity index (χ1v) is 7.84. The van der Waals surface area contributed by atoms with Crippen LogP contribution in [-0.4, -0.2) is 31.1 Å². The van der Waals surface area contributed by atoms with Crippen LogP contribution in [0.3, 0.4) is 0 Å². The van der Waals surface area contributed by atoms with Crippen LogP contribution in [-0.2, 0) is 6.54 Å². The fraction of sp³-hybridized carbons (Fsp3) is 0.278. The summed E-state index contributed by atoms with van der Waals surface area (Å²) in [7, 11) is 0. The van der Waals surface area contributed by atoms with Crippen molar-refractivity contribution >= 4 is 17.3 Å². The minimum Gasteiger partial charge on any atom is -0.369 e. The van der Waals surface area contributed by atoms with Crippen LogP contribution >= 0.6 is 11.6 Å². The molecule has 0 radical (unpaired) electrons. The van der Waals surface area contributed by atoms with Crippen molar-refractivity contribution in [2.75, 3.05) is 31.1 Å². The topological polar surface area (TPSA) is 30.3 Å². The molecule has 1 aliphatic heterocycles. The molecule has 1 saturated heterocycles. The highest BCUT2D eigenvalue weighted by Crippen LogP contribution is 2.21. The molecular weight excluding hydrogens is 294 g/mol. The zero-order valence-electron chi connectivity index (χ0n) is 12.4. The molecule has 1 fully saturated rings. The van der Waals surface area contributed by atoms with Crippen molar-refractivity contribution in [3.8, 4) is 6.07 Å². The lowest BCUT2D eigenvalue weighted by Crippen LogP contribution is -2.45. The van der Waals surface area contributed by atoms with E-state index in [1.165, 1.54) is 11.3 Å². The normalized spacial score (nSPS) is 15.5. The van der Waals surface area contributed by atoms with Gasteiger partial charge in [-0.1, -0.05) is 29.8 Å². The Morgan fingerprint density at radius 1 is 1.00 bits per heavy atom. The van der Waals surface area contributed by atoms with Crippen molar-refractivity contribution in [1.82, 2.24) is 4.90 Å². The van der Waals surface area contributed by atoms with E-state index >= 15 is 0 Å². The van der Waals surface area contributed by atoms with Gasteiger partial charge in [0, 0.05) is 43.4 Å². The van der Waals surface area contributed by atoms with Crippen LogP contribution in [0, 0.1) is 11.3 Å². The Morgan fingerprint density at radius 3 is 2.50 bits per heavy atom. The van der Waals surface area contributed by atoms with Crippen LogP contribution in [0.4, 0.5) is 5.69 Å². The van der Waals surface area contributed by atoms with Crippen molar-refractivity contribution in [2.45, 2.75) is 6.54 Å². The summed E-state index contributed by atoms with van der Waals surface area (Å²) in [4.78, 5) is 4.80. The number of piperazine rings is 1. The number of halogens is 1. The summed E-state index contributed by atoms with van der Waals surface area (Å²) >= 11 is 6.07. The van der Waals surface area contributed by atoms with Gasteiger partial charge < -0.3 is 4.90 Å². The highest BCUT2D eigenvalue weighted by Gasteiger charge is 2.17. The summed E-state index contributed by atoms with van der Waals surface area (Å²) in [5, 5.41) is 9.76. The lowest BCUT2D eigenvalue weighted by molar-refractivity contribution is 0.250. The fourth-order valence-corrected chi connectivity index (χ4v) is 3.02. The van der Waals surface area contributed by atoms with Crippen LogP contribution in [0.15, 0.2) is 48.5 Å². The lowest BCUT2D eigenvalue weighted by atomic mass is 10.1. The molecule has 3 nitrogen and oxygen atoms in total. The van der Waals surface area contributed by atoms with Gasteiger partial charge in [0.15, 0.2) is 0 Å². The molecule has 0 aromatic heterocycles. The molecule has 0 N–H and O–H groups in total. The van der Waals surface area contributed by atoms with E-state index in [4.69, 9.17) is 16.9 Å². The minimum absolute atomic E-state index is 0.732. The Morgan fingerprint density at radius 2 is 1.77 bits per heavy atom. The second kappa shape index (κ2) is 6.83. The van der Waals surface area contributed by atoms with Crippen molar-refractivity contribution < 1.29 is 0 Å². The molecular formula is C18H18ClN3. The zero-order chi connectivity index (χ0) is 15.4. The van der Waals surface area contributed by atoms with Gasteiger partial charge in [-0.3, -0.25) is 4.90 Å². The van der Waals surface area contributed by atoms with Gasteiger partial charge in [-0.25, -0.2) is 0 Å². The molecule has 3 rings (SSSR count). The van der Waals surface area contributed by atoms with E-state index in [2.05, 4.69) is 28.0 Å². The predicted octanol–water partition coefficient (Wildman–Crippen LogP) is 3.53. The molecule has 0 unspecified atom stereocenters. The Hall–Kier alpha value is -2.02. The van der Waals surface area contributed by atoms with Crippen molar-refractivity contribution in [3.05, 3.63) is 64.7 Å². The molecule has 1 heterocycles. The van der Waals surface area contributed by atoms with Gasteiger partial charge >= 0.3 is 0 Å². The number of nitrogens with zero attached hydrogens (tertiary/aromatic N) is 3. The first-order chi connectivity index (χ1) is 10.7. The van der Waals surface area contributed by atoms with E-state index in [9.17, 15) is 0 Å². The van der Waals surface area contributed by atoms with Gasteiger partial charge in [0.1, 0.15) is 0 Å². The number of hydrogen-bond donors (Lipinski definition) is 0. The van der Waals surface area contributed by atoms with Crippen molar-refractivity contribution in [3.63, 3.8) is 0 Å². The molecule has 4 heteroatoms. The van der Waals surface area contributed by atoms with E-state index in [1.54, 1.807) is 0 Å². The largest absolute Gasteiger partial charge is 0.369 e. The summed E-state index contributed by atoms with van der Waals surface area (Å²) in [6, 6.07) is 18.1. The molecule has 22 heavy (non-hydrogen) atoms. The SMILES string of the molecule is N#Cc1cccc(CN2CCN(c3cccc(Cl)c3)CC2)c1. The molecule has 112 valence electrons. The zero-order valence-corrected chi connectivity index (χ0v) is 13.1. The van der Waals surface area contributed by atoms with Crippen LogP contribution in [0.5, 0.6) is 0 Å². The van der Waals surface area contributed by atoms with Gasteiger partial charge in [0.25, 0.3) is 0 Å². The van der Waals surface area contributed by atoms with E-state index in [0.717, 1.165) is 43.3 Å². The summed E-state index contributed by atoms with van der Waals surface area (Å²) in [5.74, 6) is 0. The van der Waals surface area contributed by atoms with Crippen LogP contribution < -0.4 is 4.90 Å². The smallest absolute Gasteiger partial charge is 0.0991 e. The van der Waals surface area contributed by atoms with Crippen molar-refractivity contribution in [1.29, 1.82) is 5.26 Å². The summed E-state index contributed by atoms with van der Waals surface area (Å²) in [5.41, 5.74) is 3.13. The van der Waals surface area contributed by atoms with Gasteiger partial charge in [-0.15, -0.1) is 0 Å². The van der Waals surface area contributed by atoms with Crippen LogP contribution in [0.1, 0.15) is 11.1 Å². The lowest BCUT2D eigenvalue weighted by Gasteiger charge is -2.36. The number of hydrogen-bond acceptors (Lipinski definition) is 3. The maximum Gasteiger partial charge on any atom is 0.0991 e. The average molecular weight is 312 g/mol. The maximum absolute atomic E-state index is 8.97. The Kier molecular flexibility index (Phi) is 4.62. The third-order valence-electron chi connectivity index (χ3n) is 4.01. The number of nitriles is 1. The minimum atomic E-state index is 0.732. The van der Waals surface area contributed by atoms with Gasteiger partial charge in [-0.2, -0.15) is 5.26 Å². The van der Waals surface area contributed by atoms with E-state index < -0.39 is 0 Å². The predicted molar refractivity (Wildman–Crippen MR) is 90.1 cm³/mol. The average Bonchev–Trinajstić information content (AvgIpc) is 2.56.